The van der Waals surface area contributed by atoms with Crippen LogP contribution in [0.3, 0.4) is 0 Å². The van der Waals surface area contributed by atoms with Crippen LogP contribution in [0.25, 0.3) is 0 Å². The second-order valence-corrected chi connectivity index (χ2v) is 4.66. The third-order valence-corrected chi connectivity index (χ3v) is 3.47. The van der Waals surface area contributed by atoms with Crippen molar-refractivity contribution < 1.29 is 4.74 Å². The summed E-state index contributed by atoms with van der Waals surface area (Å²) >= 11 is 18.0. The van der Waals surface area contributed by atoms with E-state index in [-0.39, 0.29) is 6.10 Å². The van der Waals surface area contributed by atoms with E-state index in [2.05, 4.69) is 5.32 Å². The van der Waals surface area contributed by atoms with Gasteiger partial charge in [-0.1, -0.05) is 34.8 Å². The fraction of sp³-hybridized carbons (Fsp3) is 0.400. The number of nitrogens with one attached hydrogen (secondary N) is 1. The number of ether oxygens (including phenoxy) is 1. The molecule has 82 valence electrons. The third kappa shape index (κ3) is 2.04. The molecule has 0 saturated heterocycles. The zero-order valence-electron chi connectivity index (χ0n) is 8.11. The number of benzene rings is 1. The molecule has 1 heterocycles. The molecule has 0 bridgehead atoms. The summed E-state index contributed by atoms with van der Waals surface area (Å²) in [5.41, 5.74) is 0.911. The summed E-state index contributed by atoms with van der Waals surface area (Å²) in [5.74, 6) is 0.673. The van der Waals surface area contributed by atoms with Gasteiger partial charge in [0.15, 0.2) is 0 Å². The van der Waals surface area contributed by atoms with Gasteiger partial charge in [-0.05, 0) is 13.1 Å². The molecule has 0 spiro atoms. The molecule has 15 heavy (non-hydrogen) atoms. The first-order valence-corrected chi connectivity index (χ1v) is 5.74. The van der Waals surface area contributed by atoms with Crippen molar-refractivity contribution in [2.45, 2.75) is 12.5 Å². The number of fused-ring (bicyclic) bond motifs is 1. The molecule has 0 saturated carbocycles. The highest BCUT2D eigenvalue weighted by atomic mass is 35.5. The van der Waals surface area contributed by atoms with Crippen LogP contribution in [-0.4, -0.2) is 19.7 Å². The minimum absolute atomic E-state index is 0.0819. The molecule has 0 fully saturated rings. The summed E-state index contributed by atoms with van der Waals surface area (Å²) in [5, 5.41) is 4.61. The highest BCUT2D eigenvalue weighted by molar-refractivity contribution is 6.44. The molecular weight excluding hydrogens is 256 g/mol. The zero-order chi connectivity index (χ0) is 11.0. The van der Waals surface area contributed by atoms with Crippen LogP contribution in [0.1, 0.15) is 5.56 Å². The minimum atomic E-state index is 0.0819. The highest BCUT2D eigenvalue weighted by Gasteiger charge is 2.28. The summed E-state index contributed by atoms with van der Waals surface area (Å²) in [7, 11) is 1.88. The molecule has 1 aromatic rings. The van der Waals surface area contributed by atoms with Gasteiger partial charge in [0.2, 0.25) is 0 Å². The monoisotopic (exact) mass is 265 g/mol. The molecule has 2 nitrogen and oxygen atoms in total. The molecule has 1 aliphatic heterocycles. The van der Waals surface area contributed by atoms with E-state index in [1.54, 1.807) is 6.07 Å². The van der Waals surface area contributed by atoms with Gasteiger partial charge in [-0.15, -0.1) is 0 Å². The lowest BCUT2D eigenvalue weighted by Gasteiger charge is -2.09. The number of likely N-dealkylation sites (N-methyl/N-ethyl adjacent to an activating group) is 1. The third-order valence-electron chi connectivity index (χ3n) is 2.37. The molecule has 0 amide bonds. The van der Waals surface area contributed by atoms with Crippen LogP contribution in [-0.2, 0) is 6.42 Å². The highest BCUT2D eigenvalue weighted by Crippen LogP contribution is 2.43. The second kappa shape index (κ2) is 4.38. The molecule has 2 rings (SSSR count). The van der Waals surface area contributed by atoms with E-state index in [0.717, 1.165) is 18.5 Å². The number of rotatable bonds is 2. The lowest BCUT2D eigenvalue weighted by molar-refractivity contribution is 0.231. The molecule has 1 aromatic carbocycles. The quantitative estimate of drug-likeness (QED) is 0.830. The summed E-state index contributed by atoms with van der Waals surface area (Å²) in [6.45, 7) is 0.763. The Balaban J connectivity index is 2.36. The average Bonchev–Trinajstić information content (AvgIpc) is 2.60. The molecule has 5 heteroatoms. The summed E-state index contributed by atoms with van der Waals surface area (Å²) in [6.07, 6.45) is 0.827. The first kappa shape index (κ1) is 11.3. The predicted molar refractivity (Wildman–Crippen MR) is 63.5 cm³/mol. The molecule has 1 aliphatic rings. The maximum absolute atomic E-state index is 6.09. The Labute approximate surface area is 103 Å². The first-order valence-electron chi connectivity index (χ1n) is 4.61. The number of halogens is 3. The summed E-state index contributed by atoms with van der Waals surface area (Å²) in [6, 6.07) is 1.62. The maximum Gasteiger partial charge on any atom is 0.143 e. The van der Waals surface area contributed by atoms with Gasteiger partial charge >= 0.3 is 0 Å². The largest absolute Gasteiger partial charge is 0.487 e. The Hall–Kier alpha value is -0.150. The molecular formula is C10H10Cl3NO. The number of hydrogen-bond acceptors (Lipinski definition) is 2. The van der Waals surface area contributed by atoms with Gasteiger partial charge in [0.25, 0.3) is 0 Å². The van der Waals surface area contributed by atoms with Crippen molar-refractivity contribution in [2.24, 2.45) is 0 Å². The molecule has 0 aromatic heterocycles. The van der Waals surface area contributed by atoms with Crippen LogP contribution in [0.4, 0.5) is 0 Å². The van der Waals surface area contributed by atoms with Gasteiger partial charge in [0.1, 0.15) is 11.9 Å². The Morgan fingerprint density at radius 2 is 2.13 bits per heavy atom. The normalized spacial score (nSPS) is 18.8. The van der Waals surface area contributed by atoms with E-state index in [1.807, 2.05) is 7.05 Å². The van der Waals surface area contributed by atoms with E-state index in [1.165, 1.54) is 0 Å². The van der Waals surface area contributed by atoms with E-state index in [0.29, 0.717) is 20.8 Å². The second-order valence-electron chi connectivity index (χ2n) is 3.46. The van der Waals surface area contributed by atoms with Crippen molar-refractivity contribution >= 4 is 34.8 Å². The van der Waals surface area contributed by atoms with E-state index < -0.39 is 0 Å². The van der Waals surface area contributed by atoms with Gasteiger partial charge < -0.3 is 10.1 Å². The van der Waals surface area contributed by atoms with Crippen LogP contribution in [0.2, 0.25) is 15.1 Å². The van der Waals surface area contributed by atoms with Crippen LogP contribution in [0.15, 0.2) is 6.07 Å². The van der Waals surface area contributed by atoms with Gasteiger partial charge in [0.05, 0.1) is 15.1 Å². The van der Waals surface area contributed by atoms with Crippen LogP contribution < -0.4 is 10.1 Å². The zero-order valence-corrected chi connectivity index (χ0v) is 10.4. The van der Waals surface area contributed by atoms with Gasteiger partial charge in [-0.25, -0.2) is 0 Å². The first-order chi connectivity index (χ1) is 7.13. The molecule has 1 unspecified atom stereocenters. The van der Waals surface area contributed by atoms with E-state index in [9.17, 15) is 0 Å². The van der Waals surface area contributed by atoms with E-state index >= 15 is 0 Å². The molecule has 0 aliphatic carbocycles. The Morgan fingerprint density at radius 3 is 2.80 bits per heavy atom. The van der Waals surface area contributed by atoms with Crippen molar-refractivity contribution in [3.63, 3.8) is 0 Å². The standard InChI is InChI=1S/C10H10Cl3NO/c1-14-4-5-2-6-9(13)7(11)3-8(12)10(6)15-5/h3,5,14H,2,4H2,1H3. The fourth-order valence-corrected chi connectivity index (χ4v) is 2.48. The van der Waals surface area contributed by atoms with Gasteiger partial charge in [-0.2, -0.15) is 0 Å². The van der Waals surface area contributed by atoms with Crippen molar-refractivity contribution in [3.05, 3.63) is 26.7 Å². The van der Waals surface area contributed by atoms with Crippen LogP contribution in [0, 0.1) is 0 Å². The van der Waals surface area contributed by atoms with Gasteiger partial charge in [-0.3, -0.25) is 0 Å². The lowest BCUT2D eigenvalue weighted by atomic mass is 10.1. The SMILES string of the molecule is CNCC1Cc2c(Cl)c(Cl)cc(Cl)c2O1. The molecule has 1 atom stereocenters. The van der Waals surface area contributed by atoms with Crippen LogP contribution in [0.5, 0.6) is 5.75 Å². The Morgan fingerprint density at radius 1 is 1.40 bits per heavy atom. The van der Waals surface area contributed by atoms with E-state index in [4.69, 9.17) is 39.5 Å². The molecule has 1 N–H and O–H groups in total. The molecule has 0 radical (unpaired) electrons. The fourth-order valence-electron chi connectivity index (χ4n) is 1.72. The summed E-state index contributed by atoms with van der Waals surface area (Å²) in [4.78, 5) is 0. The van der Waals surface area contributed by atoms with Crippen molar-refractivity contribution in [1.82, 2.24) is 5.32 Å². The van der Waals surface area contributed by atoms with Crippen molar-refractivity contribution in [2.75, 3.05) is 13.6 Å². The smallest absolute Gasteiger partial charge is 0.143 e. The Kier molecular flexibility index (Phi) is 3.31. The van der Waals surface area contributed by atoms with Gasteiger partial charge in [0, 0.05) is 18.5 Å². The summed E-state index contributed by atoms with van der Waals surface area (Å²) < 4.78 is 5.68. The predicted octanol–water partition coefficient (Wildman–Crippen LogP) is 3.17. The van der Waals surface area contributed by atoms with Crippen molar-refractivity contribution in [3.8, 4) is 5.75 Å². The average molecular weight is 267 g/mol. The van der Waals surface area contributed by atoms with Crippen molar-refractivity contribution in [1.29, 1.82) is 0 Å². The lowest BCUT2D eigenvalue weighted by Crippen LogP contribution is -2.27. The van der Waals surface area contributed by atoms with Crippen LogP contribution >= 0.6 is 34.8 Å². The number of hydrogen-bond donors (Lipinski definition) is 1. The Bertz CT molecular complexity index is 395. The topological polar surface area (TPSA) is 21.3 Å². The maximum atomic E-state index is 6.09. The minimum Gasteiger partial charge on any atom is -0.487 e.